The van der Waals surface area contributed by atoms with Crippen LogP contribution < -0.4 is 5.32 Å². The molecule has 2 aromatic carbocycles. The van der Waals surface area contributed by atoms with Gasteiger partial charge in [0.05, 0.1) is 29.5 Å². The SMILES string of the molecule is Cc1c(-c2ccnn2C(=O)Nc2ccccc2)cnn1-c1ccccc1. The lowest BCUT2D eigenvalue weighted by Crippen LogP contribution is -2.21. The smallest absolute Gasteiger partial charge is 0.306 e. The van der Waals surface area contributed by atoms with Gasteiger partial charge in [0.15, 0.2) is 0 Å². The van der Waals surface area contributed by atoms with E-state index < -0.39 is 0 Å². The number of hydrogen-bond donors (Lipinski definition) is 1. The minimum Gasteiger partial charge on any atom is -0.306 e. The molecule has 0 fully saturated rings. The third-order valence-corrected chi connectivity index (χ3v) is 4.15. The fourth-order valence-corrected chi connectivity index (χ4v) is 2.86. The van der Waals surface area contributed by atoms with Crippen LogP contribution in [0.15, 0.2) is 79.1 Å². The van der Waals surface area contributed by atoms with Crippen LogP contribution >= 0.6 is 0 Å². The van der Waals surface area contributed by atoms with Crippen LogP contribution in [0.25, 0.3) is 16.9 Å². The zero-order valence-corrected chi connectivity index (χ0v) is 14.2. The van der Waals surface area contributed by atoms with Gasteiger partial charge in [-0.2, -0.15) is 14.9 Å². The Morgan fingerprint density at radius 1 is 0.923 bits per heavy atom. The number of benzene rings is 2. The Hall–Kier alpha value is -3.67. The Bertz CT molecular complexity index is 1030. The van der Waals surface area contributed by atoms with E-state index in [0.717, 1.165) is 22.6 Å². The van der Waals surface area contributed by atoms with Crippen molar-refractivity contribution in [3.05, 3.63) is 84.8 Å². The maximum absolute atomic E-state index is 12.6. The van der Waals surface area contributed by atoms with Gasteiger partial charge in [0.1, 0.15) is 0 Å². The number of nitrogens with one attached hydrogen (secondary N) is 1. The van der Waals surface area contributed by atoms with Crippen molar-refractivity contribution in [2.45, 2.75) is 6.92 Å². The largest absolute Gasteiger partial charge is 0.347 e. The molecule has 26 heavy (non-hydrogen) atoms. The van der Waals surface area contributed by atoms with Gasteiger partial charge in [0, 0.05) is 11.3 Å². The van der Waals surface area contributed by atoms with Crippen LogP contribution in [0.2, 0.25) is 0 Å². The number of para-hydroxylation sites is 2. The van der Waals surface area contributed by atoms with Crippen molar-refractivity contribution in [2.75, 3.05) is 5.32 Å². The van der Waals surface area contributed by atoms with Gasteiger partial charge < -0.3 is 5.32 Å². The molecular formula is C20H17N5O. The summed E-state index contributed by atoms with van der Waals surface area (Å²) in [6.07, 6.45) is 3.37. The third-order valence-electron chi connectivity index (χ3n) is 4.15. The highest BCUT2D eigenvalue weighted by Crippen LogP contribution is 2.25. The molecule has 2 aromatic heterocycles. The first kappa shape index (κ1) is 15.8. The summed E-state index contributed by atoms with van der Waals surface area (Å²) in [6.45, 7) is 1.97. The molecule has 0 radical (unpaired) electrons. The lowest BCUT2D eigenvalue weighted by Gasteiger charge is -2.09. The molecule has 0 aliphatic carbocycles. The van der Waals surface area contributed by atoms with Crippen molar-refractivity contribution in [2.24, 2.45) is 0 Å². The first-order valence-electron chi connectivity index (χ1n) is 8.25. The Morgan fingerprint density at radius 2 is 1.62 bits per heavy atom. The van der Waals surface area contributed by atoms with Gasteiger partial charge in [0.25, 0.3) is 0 Å². The predicted octanol–water partition coefficient (Wildman–Crippen LogP) is 4.12. The Morgan fingerprint density at radius 3 is 2.35 bits per heavy atom. The van der Waals surface area contributed by atoms with Crippen LogP contribution in [-0.4, -0.2) is 25.6 Å². The van der Waals surface area contributed by atoms with E-state index in [2.05, 4.69) is 15.5 Å². The molecule has 0 spiro atoms. The molecule has 4 rings (SSSR count). The van der Waals surface area contributed by atoms with Crippen molar-refractivity contribution in [3.63, 3.8) is 0 Å². The van der Waals surface area contributed by atoms with E-state index in [1.165, 1.54) is 4.68 Å². The monoisotopic (exact) mass is 343 g/mol. The van der Waals surface area contributed by atoms with Crippen molar-refractivity contribution < 1.29 is 4.79 Å². The molecule has 0 saturated carbocycles. The van der Waals surface area contributed by atoms with E-state index in [4.69, 9.17) is 0 Å². The molecule has 0 unspecified atom stereocenters. The Balaban J connectivity index is 1.67. The lowest BCUT2D eigenvalue weighted by atomic mass is 10.2. The molecule has 0 aliphatic heterocycles. The molecule has 0 aliphatic rings. The Labute approximate surface area is 150 Å². The number of anilines is 1. The molecule has 0 atom stereocenters. The van der Waals surface area contributed by atoms with E-state index in [1.807, 2.05) is 78.3 Å². The number of amides is 1. The highest BCUT2D eigenvalue weighted by atomic mass is 16.2. The summed E-state index contributed by atoms with van der Waals surface area (Å²) in [6, 6.07) is 20.7. The highest BCUT2D eigenvalue weighted by Gasteiger charge is 2.17. The second-order valence-corrected chi connectivity index (χ2v) is 5.82. The zero-order valence-electron chi connectivity index (χ0n) is 14.2. The first-order chi connectivity index (χ1) is 12.7. The summed E-state index contributed by atoms with van der Waals surface area (Å²) in [5, 5.41) is 11.5. The summed E-state index contributed by atoms with van der Waals surface area (Å²) in [7, 11) is 0. The van der Waals surface area contributed by atoms with Gasteiger partial charge in [-0.3, -0.25) is 0 Å². The standard InChI is InChI=1S/C20H17N5O/c1-15-18(14-22-24(15)17-10-6-3-7-11-17)19-12-13-21-25(19)20(26)23-16-8-4-2-5-9-16/h2-14H,1H3,(H,23,26). The van der Waals surface area contributed by atoms with Crippen LogP contribution in [-0.2, 0) is 0 Å². The van der Waals surface area contributed by atoms with Gasteiger partial charge in [-0.1, -0.05) is 36.4 Å². The topological polar surface area (TPSA) is 64.7 Å². The molecule has 0 saturated heterocycles. The second-order valence-electron chi connectivity index (χ2n) is 5.82. The molecule has 4 aromatic rings. The maximum atomic E-state index is 12.6. The number of nitrogens with zero attached hydrogens (tertiary/aromatic N) is 4. The molecule has 1 N–H and O–H groups in total. The van der Waals surface area contributed by atoms with Crippen LogP contribution in [0, 0.1) is 6.92 Å². The average Bonchev–Trinajstić information content (AvgIpc) is 3.29. The van der Waals surface area contributed by atoms with Crippen molar-refractivity contribution in [1.29, 1.82) is 0 Å². The summed E-state index contributed by atoms with van der Waals surface area (Å²) < 4.78 is 3.20. The number of carbonyl (C=O) groups excluding carboxylic acids is 1. The van der Waals surface area contributed by atoms with Crippen molar-refractivity contribution in [1.82, 2.24) is 19.6 Å². The zero-order chi connectivity index (χ0) is 17.9. The normalized spacial score (nSPS) is 10.7. The van der Waals surface area contributed by atoms with Crippen LogP contribution in [0.1, 0.15) is 5.69 Å². The van der Waals surface area contributed by atoms with Crippen molar-refractivity contribution in [3.8, 4) is 16.9 Å². The summed E-state index contributed by atoms with van der Waals surface area (Å²) in [4.78, 5) is 12.6. The van der Waals surface area contributed by atoms with Gasteiger partial charge in [-0.15, -0.1) is 0 Å². The first-order valence-corrected chi connectivity index (χ1v) is 8.25. The molecule has 6 heteroatoms. The number of rotatable bonds is 3. The third kappa shape index (κ3) is 2.88. The second kappa shape index (κ2) is 6.68. The Kier molecular flexibility index (Phi) is 4.07. The molecular weight excluding hydrogens is 326 g/mol. The van der Waals surface area contributed by atoms with Gasteiger partial charge in [-0.05, 0) is 37.3 Å². The summed E-state index contributed by atoms with van der Waals surface area (Å²) >= 11 is 0. The molecule has 0 bridgehead atoms. The number of carbonyl (C=O) groups is 1. The van der Waals surface area contributed by atoms with E-state index in [1.54, 1.807) is 12.4 Å². The maximum Gasteiger partial charge on any atom is 0.347 e. The number of hydrogen-bond acceptors (Lipinski definition) is 3. The minimum atomic E-state index is -0.317. The van der Waals surface area contributed by atoms with Crippen LogP contribution in [0.5, 0.6) is 0 Å². The van der Waals surface area contributed by atoms with E-state index in [9.17, 15) is 4.79 Å². The van der Waals surface area contributed by atoms with Gasteiger partial charge >= 0.3 is 6.03 Å². The lowest BCUT2D eigenvalue weighted by molar-refractivity contribution is 0.251. The fraction of sp³-hybridized carbons (Fsp3) is 0.0500. The summed E-state index contributed by atoms with van der Waals surface area (Å²) in [5.41, 5.74) is 4.17. The van der Waals surface area contributed by atoms with E-state index >= 15 is 0 Å². The average molecular weight is 343 g/mol. The molecule has 6 nitrogen and oxygen atoms in total. The van der Waals surface area contributed by atoms with E-state index in [-0.39, 0.29) is 6.03 Å². The van der Waals surface area contributed by atoms with Gasteiger partial charge in [0.2, 0.25) is 0 Å². The quantitative estimate of drug-likeness (QED) is 0.608. The van der Waals surface area contributed by atoms with Crippen molar-refractivity contribution >= 4 is 11.7 Å². The summed E-state index contributed by atoms with van der Waals surface area (Å²) in [5.74, 6) is 0. The molecule has 128 valence electrons. The van der Waals surface area contributed by atoms with Crippen LogP contribution in [0.3, 0.4) is 0 Å². The highest BCUT2D eigenvalue weighted by molar-refractivity contribution is 5.93. The van der Waals surface area contributed by atoms with E-state index in [0.29, 0.717) is 5.69 Å². The number of aromatic nitrogens is 4. The van der Waals surface area contributed by atoms with Gasteiger partial charge in [-0.25, -0.2) is 9.48 Å². The predicted molar refractivity (Wildman–Crippen MR) is 100 cm³/mol. The van der Waals surface area contributed by atoms with Crippen LogP contribution in [0.4, 0.5) is 10.5 Å². The minimum absolute atomic E-state index is 0.317. The molecule has 2 heterocycles. The fourth-order valence-electron chi connectivity index (χ4n) is 2.86. The molecule has 1 amide bonds.